The molecule has 0 aliphatic carbocycles. The minimum atomic E-state index is -0.0232. The summed E-state index contributed by atoms with van der Waals surface area (Å²) in [5.74, 6) is 0.672. The van der Waals surface area contributed by atoms with Crippen LogP contribution in [0.2, 0.25) is 0 Å². The zero-order chi connectivity index (χ0) is 12.0. The van der Waals surface area contributed by atoms with Crippen molar-refractivity contribution in [3.8, 4) is 0 Å². The lowest BCUT2D eigenvalue weighted by atomic mass is 10.1. The van der Waals surface area contributed by atoms with E-state index < -0.39 is 0 Å². The zero-order valence-electron chi connectivity index (χ0n) is 10.3. The molecule has 0 amide bonds. The van der Waals surface area contributed by atoms with E-state index in [1.54, 1.807) is 6.92 Å². The van der Waals surface area contributed by atoms with Gasteiger partial charge in [-0.25, -0.2) is 4.98 Å². The van der Waals surface area contributed by atoms with E-state index in [1.165, 1.54) is 0 Å². The third kappa shape index (κ3) is 1.35. The summed E-state index contributed by atoms with van der Waals surface area (Å²) in [5, 5.41) is 0. The summed E-state index contributed by atoms with van der Waals surface area (Å²) in [5.41, 5.74) is 4.66. The number of nitrogens with zero attached hydrogens (tertiary/aromatic N) is 1. The first kappa shape index (κ1) is 10.9. The van der Waals surface area contributed by atoms with Gasteiger partial charge in [0.1, 0.15) is 5.76 Å². The van der Waals surface area contributed by atoms with E-state index in [1.807, 2.05) is 27.7 Å². The molecule has 16 heavy (non-hydrogen) atoms. The molecular weight excluding hydrogens is 202 g/mol. The zero-order valence-corrected chi connectivity index (χ0v) is 10.3. The molecule has 0 N–H and O–H groups in total. The molecule has 0 radical (unpaired) electrons. The molecule has 2 aromatic heterocycles. The van der Waals surface area contributed by atoms with Crippen molar-refractivity contribution in [3.05, 3.63) is 38.4 Å². The number of aryl methyl sites for hydroxylation is 3. The van der Waals surface area contributed by atoms with Gasteiger partial charge in [0, 0.05) is 11.3 Å². The highest BCUT2D eigenvalue weighted by Gasteiger charge is 2.13. The first-order valence-electron chi connectivity index (χ1n) is 5.31. The second-order valence-electron chi connectivity index (χ2n) is 4.24. The summed E-state index contributed by atoms with van der Waals surface area (Å²) in [6.07, 6.45) is 0. The molecule has 0 atom stereocenters. The van der Waals surface area contributed by atoms with Crippen LogP contribution in [0.4, 0.5) is 0 Å². The maximum atomic E-state index is 12.0. The predicted octanol–water partition coefficient (Wildman–Crippen LogP) is 2.73. The van der Waals surface area contributed by atoms with E-state index in [0.29, 0.717) is 22.4 Å². The lowest BCUT2D eigenvalue weighted by molar-refractivity contribution is 0.554. The monoisotopic (exact) mass is 217 g/mol. The Morgan fingerprint density at radius 2 is 1.56 bits per heavy atom. The van der Waals surface area contributed by atoms with Gasteiger partial charge in [0.2, 0.25) is 5.43 Å². The van der Waals surface area contributed by atoms with Crippen molar-refractivity contribution < 1.29 is 4.42 Å². The highest BCUT2D eigenvalue weighted by atomic mass is 16.3. The molecule has 0 fully saturated rings. The molecule has 2 rings (SSSR count). The Labute approximate surface area is 94.1 Å². The Balaban J connectivity index is 3.09. The minimum absolute atomic E-state index is 0.0232. The number of rotatable bonds is 0. The highest BCUT2D eigenvalue weighted by molar-refractivity contribution is 5.77. The molecule has 0 aromatic carbocycles. The van der Waals surface area contributed by atoms with E-state index >= 15 is 0 Å². The SMILES string of the molecule is Cc1nc2c(=O)c(C)c(C)oc2c(C)c1C. The summed E-state index contributed by atoms with van der Waals surface area (Å²) >= 11 is 0. The number of aromatic nitrogens is 1. The van der Waals surface area contributed by atoms with Gasteiger partial charge in [0.15, 0.2) is 11.1 Å². The van der Waals surface area contributed by atoms with Crippen LogP contribution in [0.5, 0.6) is 0 Å². The van der Waals surface area contributed by atoms with Gasteiger partial charge in [-0.3, -0.25) is 4.79 Å². The fourth-order valence-electron chi connectivity index (χ4n) is 1.77. The molecule has 0 aliphatic heterocycles. The molecule has 0 saturated carbocycles. The van der Waals surface area contributed by atoms with Crippen LogP contribution in [0.25, 0.3) is 11.1 Å². The van der Waals surface area contributed by atoms with E-state index in [4.69, 9.17) is 4.42 Å². The van der Waals surface area contributed by atoms with Crippen LogP contribution in [0.1, 0.15) is 28.1 Å². The van der Waals surface area contributed by atoms with Crippen molar-refractivity contribution in [2.45, 2.75) is 34.6 Å². The molecule has 0 unspecified atom stereocenters. The van der Waals surface area contributed by atoms with Gasteiger partial charge in [-0.2, -0.15) is 0 Å². The molecule has 0 aliphatic rings. The Bertz CT molecular complexity index is 639. The molecule has 3 nitrogen and oxygen atoms in total. The molecule has 0 bridgehead atoms. The second-order valence-corrected chi connectivity index (χ2v) is 4.24. The average molecular weight is 217 g/mol. The summed E-state index contributed by atoms with van der Waals surface area (Å²) in [7, 11) is 0. The molecule has 2 heterocycles. The van der Waals surface area contributed by atoms with Crippen LogP contribution in [0.3, 0.4) is 0 Å². The van der Waals surface area contributed by atoms with Crippen LogP contribution in [0.15, 0.2) is 9.21 Å². The second kappa shape index (κ2) is 3.44. The van der Waals surface area contributed by atoms with Gasteiger partial charge in [0.05, 0.1) is 0 Å². The van der Waals surface area contributed by atoms with Gasteiger partial charge < -0.3 is 4.42 Å². The van der Waals surface area contributed by atoms with E-state index in [2.05, 4.69) is 4.98 Å². The Morgan fingerprint density at radius 3 is 2.19 bits per heavy atom. The third-order valence-corrected chi connectivity index (χ3v) is 3.28. The van der Waals surface area contributed by atoms with Gasteiger partial charge in [-0.05, 0) is 45.7 Å². The first-order valence-corrected chi connectivity index (χ1v) is 5.31. The van der Waals surface area contributed by atoms with Gasteiger partial charge in [0.25, 0.3) is 0 Å². The highest BCUT2D eigenvalue weighted by Crippen LogP contribution is 2.21. The summed E-state index contributed by atoms with van der Waals surface area (Å²) < 4.78 is 5.68. The van der Waals surface area contributed by atoms with Gasteiger partial charge >= 0.3 is 0 Å². The average Bonchev–Trinajstić information content (AvgIpc) is 2.25. The van der Waals surface area contributed by atoms with Crippen LogP contribution >= 0.6 is 0 Å². The Hall–Kier alpha value is -1.64. The maximum Gasteiger partial charge on any atom is 0.214 e. The summed E-state index contributed by atoms with van der Waals surface area (Å²) in [6.45, 7) is 9.45. The van der Waals surface area contributed by atoms with Crippen molar-refractivity contribution in [1.29, 1.82) is 0 Å². The fraction of sp³-hybridized carbons (Fsp3) is 0.385. The largest absolute Gasteiger partial charge is 0.459 e. The topological polar surface area (TPSA) is 43.1 Å². The quantitative estimate of drug-likeness (QED) is 0.681. The standard InChI is InChI=1S/C13H15NO2/c1-6-7(2)13-11(14-9(6)4)12(15)8(3)10(5)16-13/h1-5H3. The summed E-state index contributed by atoms with van der Waals surface area (Å²) in [6, 6.07) is 0. The maximum absolute atomic E-state index is 12.0. The Morgan fingerprint density at radius 1 is 0.938 bits per heavy atom. The van der Waals surface area contributed by atoms with Crippen molar-refractivity contribution >= 4 is 11.1 Å². The third-order valence-electron chi connectivity index (χ3n) is 3.28. The van der Waals surface area contributed by atoms with Gasteiger partial charge in [-0.1, -0.05) is 0 Å². The predicted molar refractivity (Wildman–Crippen MR) is 64.0 cm³/mol. The van der Waals surface area contributed by atoms with E-state index in [9.17, 15) is 4.79 Å². The number of hydrogen-bond acceptors (Lipinski definition) is 3. The van der Waals surface area contributed by atoms with E-state index in [-0.39, 0.29) is 5.43 Å². The first-order chi connectivity index (χ1) is 7.43. The number of hydrogen-bond donors (Lipinski definition) is 0. The Kier molecular flexibility index (Phi) is 2.34. The smallest absolute Gasteiger partial charge is 0.214 e. The fourth-order valence-corrected chi connectivity index (χ4v) is 1.77. The van der Waals surface area contributed by atoms with Crippen LogP contribution < -0.4 is 5.43 Å². The van der Waals surface area contributed by atoms with Crippen LogP contribution in [-0.4, -0.2) is 4.98 Å². The van der Waals surface area contributed by atoms with Crippen molar-refractivity contribution in [3.63, 3.8) is 0 Å². The molecule has 3 heteroatoms. The summed E-state index contributed by atoms with van der Waals surface area (Å²) in [4.78, 5) is 16.4. The minimum Gasteiger partial charge on any atom is -0.459 e. The van der Waals surface area contributed by atoms with Crippen LogP contribution in [-0.2, 0) is 0 Å². The molecule has 0 saturated heterocycles. The molecule has 0 spiro atoms. The van der Waals surface area contributed by atoms with Crippen LogP contribution in [0, 0.1) is 34.6 Å². The lowest BCUT2D eigenvalue weighted by Crippen LogP contribution is -2.11. The van der Waals surface area contributed by atoms with Gasteiger partial charge in [-0.15, -0.1) is 0 Å². The number of fused-ring (bicyclic) bond motifs is 1. The normalized spacial score (nSPS) is 11.1. The number of pyridine rings is 1. The van der Waals surface area contributed by atoms with Crippen molar-refractivity contribution in [2.75, 3.05) is 0 Å². The molecule has 84 valence electrons. The molecule has 2 aromatic rings. The van der Waals surface area contributed by atoms with Crippen molar-refractivity contribution in [1.82, 2.24) is 4.98 Å². The van der Waals surface area contributed by atoms with Crippen molar-refractivity contribution in [2.24, 2.45) is 0 Å². The lowest BCUT2D eigenvalue weighted by Gasteiger charge is -2.09. The van der Waals surface area contributed by atoms with E-state index in [0.717, 1.165) is 16.8 Å². The molecular formula is C13H15NO2.